The van der Waals surface area contributed by atoms with Crippen molar-refractivity contribution in [3.8, 4) is 16.9 Å². The molecular weight excluding hydrogens is 202 g/mol. The van der Waals surface area contributed by atoms with Gasteiger partial charge in [0.25, 0.3) is 0 Å². The van der Waals surface area contributed by atoms with E-state index in [2.05, 4.69) is 5.10 Å². The van der Waals surface area contributed by atoms with Gasteiger partial charge in [-0.15, -0.1) is 0 Å². The maximum Gasteiger partial charge on any atom is 0.126 e. The summed E-state index contributed by atoms with van der Waals surface area (Å²) in [4.78, 5) is 0. The van der Waals surface area contributed by atoms with Gasteiger partial charge in [-0.05, 0) is 6.07 Å². The van der Waals surface area contributed by atoms with Crippen LogP contribution in [0.2, 0.25) is 0 Å². The second kappa shape index (κ2) is 4.81. The van der Waals surface area contributed by atoms with E-state index < -0.39 is 0 Å². The zero-order chi connectivity index (χ0) is 11.4. The summed E-state index contributed by atoms with van der Waals surface area (Å²) in [6.45, 7) is 1.32. The summed E-state index contributed by atoms with van der Waals surface area (Å²) in [7, 11) is 1.67. The second-order valence-corrected chi connectivity index (χ2v) is 3.48. The van der Waals surface area contributed by atoms with Crippen molar-refractivity contribution in [1.82, 2.24) is 9.78 Å². The van der Waals surface area contributed by atoms with Crippen LogP contribution in [0.3, 0.4) is 0 Å². The van der Waals surface area contributed by atoms with E-state index >= 15 is 0 Å². The van der Waals surface area contributed by atoms with E-state index in [4.69, 9.17) is 10.5 Å². The molecule has 0 aliphatic rings. The number of hydrogen-bond acceptors (Lipinski definition) is 3. The van der Waals surface area contributed by atoms with E-state index in [1.165, 1.54) is 0 Å². The Balaban J connectivity index is 2.34. The molecule has 2 N–H and O–H groups in total. The van der Waals surface area contributed by atoms with Gasteiger partial charge in [-0.2, -0.15) is 5.10 Å². The van der Waals surface area contributed by atoms with Crippen molar-refractivity contribution in [2.75, 3.05) is 13.7 Å². The highest BCUT2D eigenvalue weighted by Gasteiger charge is 2.06. The first-order valence-electron chi connectivity index (χ1n) is 5.21. The minimum atomic E-state index is 0.590. The number of aromatic nitrogens is 2. The maximum atomic E-state index is 5.48. The van der Waals surface area contributed by atoms with Gasteiger partial charge in [0.1, 0.15) is 5.75 Å². The van der Waals surface area contributed by atoms with E-state index in [1.54, 1.807) is 7.11 Å². The minimum absolute atomic E-state index is 0.590. The molecule has 1 aromatic carbocycles. The Hall–Kier alpha value is -1.81. The first-order valence-corrected chi connectivity index (χ1v) is 5.21. The molecule has 16 heavy (non-hydrogen) atoms. The summed E-state index contributed by atoms with van der Waals surface area (Å²) in [5.74, 6) is 0.856. The van der Waals surface area contributed by atoms with Crippen LogP contribution in [0, 0.1) is 0 Å². The molecule has 0 atom stereocenters. The van der Waals surface area contributed by atoms with Gasteiger partial charge in [0.05, 0.1) is 19.9 Å². The third kappa shape index (κ3) is 2.06. The molecule has 0 unspecified atom stereocenters. The molecule has 0 amide bonds. The molecule has 4 nitrogen and oxygen atoms in total. The van der Waals surface area contributed by atoms with Crippen molar-refractivity contribution >= 4 is 0 Å². The minimum Gasteiger partial charge on any atom is -0.496 e. The molecule has 0 fully saturated rings. The fourth-order valence-electron chi connectivity index (χ4n) is 1.64. The lowest BCUT2D eigenvalue weighted by Crippen LogP contribution is -2.09. The topological polar surface area (TPSA) is 53.1 Å². The number of rotatable bonds is 4. The lowest BCUT2D eigenvalue weighted by Gasteiger charge is -2.05. The van der Waals surface area contributed by atoms with Gasteiger partial charge in [-0.3, -0.25) is 4.68 Å². The van der Waals surface area contributed by atoms with Crippen LogP contribution in [0.4, 0.5) is 0 Å². The summed E-state index contributed by atoms with van der Waals surface area (Å²) >= 11 is 0. The van der Waals surface area contributed by atoms with Crippen LogP contribution in [0.1, 0.15) is 0 Å². The number of nitrogens with zero attached hydrogens (tertiary/aromatic N) is 2. The zero-order valence-corrected chi connectivity index (χ0v) is 9.26. The van der Waals surface area contributed by atoms with Gasteiger partial charge >= 0.3 is 0 Å². The van der Waals surface area contributed by atoms with Gasteiger partial charge in [-0.25, -0.2) is 0 Å². The average molecular weight is 217 g/mol. The number of methoxy groups -OCH3 is 1. The first-order chi connectivity index (χ1) is 7.85. The molecule has 1 aromatic heterocycles. The number of benzene rings is 1. The second-order valence-electron chi connectivity index (χ2n) is 3.48. The maximum absolute atomic E-state index is 5.48. The highest BCUT2D eigenvalue weighted by Crippen LogP contribution is 2.28. The first kappa shape index (κ1) is 10.7. The van der Waals surface area contributed by atoms with E-state index in [1.807, 2.05) is 41.3 Å². The summed E-state index contributed by atoms with van der Waals surface area (Å²) < 4.78 is 7.14. The van der Waals surface area contributed by atoms with Crippen molar-refractivity contribution in [1.29, 1.82) is 0 Å². The van der Waals surface area contributed by atoms with Crippen LogP contribution in [0.25, 0.3) is 11.1 Å². The standard InChI is InChI=1S/C12H15N3O/c1-16-12-5-3-2-4-11(12)10-8-14-15(9-10)7-6-13/h2-5,8-9H,6-7,13H2,1H3. The lowest BCUT2D eigenvalue weighted by molar-refractivity contribution is 0.416. The molecule has 0 spiro atoms. The van der Waals surface area contributed by atoms with Crippen LogP contribution in [-0.4, -0.2) is 23.4 Å². The number of ether oxygens (including phenoxy) is 1. The molecule has 4 heteroatoms. The molecule has 0 saturated carbocycles. The Morgan fingerprint density at radius 3 is 2.94 bits per heavy atom. The van der Waals surface area contributed by atoms with E-state index in [0.717, 1.165) is 23.4 Å². The fraction of sp³-hybridized carbons (Fsp3) is 0.250. The molecular formula is C12H15N3O. The van der Waals surface area contributed by atoms with Gasteiger partial charge in [0.15, 0.2) is 0 Å². The van der Waals surface area contributed by atoms with E-state index in [9.17, 15) is 0 Å². The van der Waals surface area contributed by atoms with Gasteiger partial charge in [-0.1, -0.05) is 18.2 Å². The average Bonchev–Trinajstić information content (AvgIpc) is 2.78. The molecule has 84 valence electrons. The van der Waals surface area contributed by atoms with Crippen LogP contribution < -0.4 is 10.5 Å². The van der Waals surface area contributed by atoms with Crippen LogP contribution in [0.5, 0.6) is 5.75 Å². The fourth-order valence-corrected chi connectivity index (χ4v) is 1.64. The summed E-state index contributed by atoms with van der Waals surface area (Å²) in [6, 6.07) is 7.89. The zero-order valence-electron chi connectivity index (χ0n) is 9.26. The number of para-hydroxylation sites is 1. The Kier molecular flexibility index (Phi) is 3.22. The number of hydrogen-bond donors (Lipinski definition) is 1. The summed E-state index contributed by atoms with van der Waals surface area (Å²) in [5, 5.41) is 4.24. The highest BCUT2D eigenvalue weighted by atomic mass is 16.5. The molecule has 0 saturated heterocycles. The van der Waals surface area contributed by atoms with Crippen LogP contribution in [-0.2, 0) is 6.54 Å². The van der Waals surface area contributed by atoms with Crippen molar-refractivity contribution in [2.24, 2.45) is 5.73 Å². The lowest BCUT2D eigenvalue weighted by atomic mass is 10.1. The van der Waals surface area contributed by atoms with Gasteiger partial charge in [0, 0.05) is 23.9 Å². The van der Waals surface area contributed by atoms with Crippen LogP contribution in [0.15, 0.2) is 36.7 Å². The molecule has 1 heterocycles. The number of nitrogens with two attached hydrogens (primary N) is 1. The quantitative estimate of drug-likeness (QED) is 0.844. The smallest absolute Gasteiger partial charge is 0.126 e. The largest absolute Gasteiger partial charge is 0.496 e. The molecule has 0 bridgehead atoms. The van der Waals surface area contributed by atoms with Crippen molar-refractivity contribution in [3.63, 3.8) is 0 Å². The summed E-state index contributed by atoms with van der Waals surface area (Å²) in [6.07, 6.45) is 3.80. The SMILES string of the molecule is COc1ccccc1-c1cnn(CCN)c1. The Morgan fingerprint density at radius 1 is 1.38 bits per heavy atom. The monoisotopic (exact) mass is 217 g/mol. The van der Waals surface area contributed by atoms with Crippen molar-refractivity contribution < 1.29 is 4.74 Å². The van der Waals surface area contributed by atoms with Crippen LogP contribution >= 0.6 is 0 Å². The summed E-state index contributed by atoms with van der Waals surface area (Å²) in [5.41, 5.74) is 7.58. The highest BCUT2D eigenvalue weighted by molar-refractivity contribution is 5.69. The Bertz CT molecular complexity index is 465. The predicted molar refractivity (Wildman–Crippen MR) is 63.3 cm³/mol. The molecule has 2 rings (SSSR count). The molecule has 0 aliphatic heterocycles. The Labute approximate surface area is 94.6 Å². The molecule has 0 radical (unpaired) electrons. The Morgan fingerprint density at radius 2 is 2.19 bits per heavy atom. The molecule has 0 aliphatic carbocycles. The molecule has 2 aromatic rings. The van der Waals surface area contributed by atoms with Gasteiger partial charge in [0.2, 0.25) is 0 Å². The van der Waals surface area contributed by atoms with Gasteiger partial charge < -0.3 is 10.5 Å². The van der Waals surface area contributed by atoms with Crippen molar-refractivity contribution in [2.45, 2.75) is 6.54 Å². The predicted octanol–water partition coefficient (Wildman–Crippen LogP) is 1.52. The van der Waals surface area contributed by atoms with Crippen molar-refractivity contribution in [3.05, 3.63) is 36.7 Å². The third-order valence-corrected chi connectivity index (χ3v) is 2.41. The normalized spacial score (nSPS) is 10.4. The van der Waals surface area contributed by atoms with E-state index in [-0.39, 0.29) is 0 Å². The van der Waals surface area contributed by atoms with E-state index in [0.29, 0.717) is 6.54 Å². The third-order valence-electron chi connectivity index (χ3n) is 2.41.